The van der Waals surface area contributed by atoms with Crippen molar-refractivity contribution in [2.45, 2.75) is 25.9 Å². The molecule has 4 aromatic rings. The molecule has 0 aliphatic carbocycles. The number of hydrogen-bond acceptors (Lipinski definition) is 6. The summed E-state index contributed by atoms with van der Waals surface area (Å²) in [6.45, 7) is 4.65. The van der Waals surface area contributed by atoms with Crippen LogP contribution in [0.15, 0.2) is 79.0 Å². The maximum atomic E-state index is 14.7. The summed E-state index contributed by atoms with van der Waals surface area (Å²) in [5.74, 6) is -1.15. The lowest BCUT2D eigenvalue weighted by Crippen LogP contribution is -2.37. The summed E-state index contributed by atoms with van der Waals surface area (Å²) in [7, 11) is 1.71. The third-order valence-corrected chi connectivity index (χ3v) is 6.93. The third-order valence-electron chi connectivity index (χ3n) is 6.93. The Labute approximate surface area is 238 Å². The van der Waals surface area contributed by atoms with Gasteiger partial charge >= 0.3 is 0 Å². The fraction of sp³-hybridized carbons (Fsp3) is 0.258. The Morgan fingerprint density at radius 3 is 2.20 bits per heavy atom. The molecule has 0 radical (unpaired) electrons. The number of nitrogens with zero attached hydrogens (tertiary/aromatic N) is 3. The Hall–Kier alpha value is -4.70. The van der Waals surface area contributed by atoms with Gasteiger partial charge in [0.2, 0.25) is 0 Å². The number of hydrogen-bond donors (Lipinski definition) is 3. The highest BCUT2D eigenvalue weighted by Crippen LogP contribution is 2.25. The molecule has 2 heterocycles. The van der Waals surface area contributed by atoms with Gasteiger partial charge in [-0.1, -0.05) is 0 Å². The number of piperidine rings is 1. The molecule has 2 amide bonds. The average molecular weight is 557 g/mol. The highest BCUT2D eigenvalue weighted by molar-refractivity contribution is 6.04. The van der Waals surface area contributed by atoms with Crippen LogP contribution in [0.4, 0.5) is 32.8 Å². The normalized spacial score (nSPS) is 13.6. The maximum Gasteiger partial charge on any atom is 0.276 e. The molecule has 0 atom stereocenters. The summed E-state index contributed by atoms with van der Waals surface area (Å²) in [4.78, 5) is 27.4. The fourth-order valence-electron chi connectivity index (χ4n) is 4.76. The van der Waals surface area contributed by atoms with Gasteiger partial charge in [0.25, 0.3) is 11.8 Å². The van der Waals surface area contributed by atoms with Crippen molar-refractivity contribution >= 4 is 40.3 Å². The van der Waals surface area contributed by atoms with Crippen LogP contribution in [0.5, 0.6) is 0 Å². The predicted molar refractivity (Wildman–Crippen MR) is 159 cm³/mol. The highest BCUT2D eigenvalue weighted by Gasteiger charge is 2.20. The molecule has 10 heteroatoms. The fourth-order valence-corrected chi connectivity index (χ4v) is 4.76. The molecule has 3 N–H and O–H groups in total. The van der Waals surface area contributed by atoms with Gasteiger partial charge in [-0.15, -0.1) is 0 Å². The van der Waals surface area contributed by atoms with E-state index in [0.29, 0.717) is 28.7 Å². The maximum absolute atomic E-state index is 14.7. The lowest BCUT2D eigenvalue weighted by molar-refractivity contribution is 0.0459. The van der Waals surface area contributed by atoms with Gasteiger partial charge in [0.15, 0.2) is 5.69 Å². The minimum Gasteiger partial charge on any atom is -0.378 e. The number of anilines is 5. The van der Waals surface area contributed by atoms with Crippen molar-refractivity contribution in [3.05, 3.63) is 96.1 Å². The van der Waals surface area contributed by atoms with Gasteiger partial charge in [-0.25, -0.2) is 4.39 Å². The number of aryl methyl sites for hydroxylation is 1. The number of carbonyl (C=O) groups is 2. The number of aromatic nitrogens is 2. The average Bonchev–Trinajstić information content (AvgIpc) is 3.42. The molecular weight excluding hydrogens is 523 g/mol. The summed E-state index contributed by atoms with van der Waals surface area (Å²) in [5.41, 5.74) is 3.74. The SMILES string of the molecule is CCOC1CCN(c2ccc(C(=O)Nc3ccc(Nc4ccc(NC(=O)c5ccn(C)n5)cc4F)cc3)cc2)CC1. The lowest BCUT2D eigenvalue weighted by atomic mass is 10.1. The minimum atomic E-state index is -0.525. The van der Waals surface area contributed by atoms with E-state index in [1.165, 1.54) is 10.7 Å². The standard InChI is InChI=1S/C31H33FN6O3/c1-3-41-26-14-18-38(19-15-26)25-11-4-21(5-12-25)30(39)34-23-8-6-22(7-9-23)33-28-13-10-24(20-27(28)32)35-31(40)29-16-17-37(2)36-29/h4-13,16-17,20,26,33H,3,14-15,18-19H2,1-2H3,(H,34,39)(H,35,40). The summed E-state index contributed by atoms with van der Waals surface area (Å²) in [5, 5.41) is 12.6. The second kappa shape index (κ2) is 12.6. The molecule has 0 saturated carbocycles. The van der Waals surface area contributed by atoms with Crippen LogP contribution in [0.2, 0.25) is 0 Å². The van der Waals surface area contributed by atoms with Crippen LogP contribution in [-0.2, 0) is 11.8 Å². The smallest absolute Gasteiger partial charge is 0.276 e. The van der Waals surface area contributed by atoms with Gasteiger partial charge in [-0.2, -0.15) is 5.10 Å². The van der Waals surface area contributed by atoms with Crippen molar-refractivity contribution in [1.82, 2.24) is 9.78 Å². The van der Waals surface area contributed by atoms with E-state index in [2.05, 4.69) is 25.9 Å². The zero-order chi connectivity index (χ0) is 28.8. The van der Waals surface area contributed by atoms with Crippen LogP contribution in [0.25, 0.3) is 0 Å². The van der Waals surface area contributed by atoms with Crippen molar-refractivity contribution in [2.75, 3.05) is 40.5 Å². The summed E-state index contributed by atoms with van der Waals surface area (Å²) >= 11 is 0. The van der Waals surface area contributed by atoms with Gasteiger partial charge in [0.05, 0.1) is 11.8 Å². The van der Waals surface area contributed by atoms with Crippen molar-refractivity contribution in [3.8, 4) is 0 Å². The molecule has 1 saturated heterocycles. The van der Waals surface area contributed by atoms with E-state index in [4.69, 9.17) is 4.74 Å². The Morgan fingerprint density at radius 1 is 0.902 bits per heavy atom. The van der Waals surface area contributed by atoms with Gasteiger partial charge in [0, 0.05) is 61.3 Å². The minimum absolute atomic E-state index is 0.207. The molecule has 0 spiro atoms. The molecule has 0 bridgehead atoms. The van der Waals surface area contributed by atoms with E-state index in [-0.39, 0.29) is 17.3 Å². The van der Waals surface area contributed by atoms with Crippen LogP contribution >= 0.6 is 0 Å². The van der Waals surface area contributed by atoms with Gasteiger partial charge in [-0.3, -0.25) is 14.3 Å². The lowest BCUT2D eigenvalue weighted by Gasteiger charge is -2.33. The Balaban J connectivity index is 1.13. The molecule has 1 aromatic heterocycles. The predicted octanol–water partition coefficient (Wildman–Crippen LogP) is 5.81. The number of carbonyl (C=O) groups excluding carboxylic acids is 2. The summed E-state index contributed by atoms with van der Waals surface area (Å²) < 4.78 is 22.0. The first kappa shape index (κ1) is 27.9. The summed E-state index contributed by atoms with van der Waals surface area (Å²) in [6.07, 6.45) is 4.00. The number of ether oxygens (including phenoxy) is 1. The number of rotatable bonds is 9. The molecule has 1 fully saturated rings. The Kier molecular flexibility index (Phi) is 8.59. The molecule has 0 unspecified atom stereocenters. The quantitative estimate of drug-likeness (QED) is 0.241. The van der Waals surface area contributed by atoms with Crippen molar-refractivity contribution in [3.63, 3.8) is 0 Å². The Morgan fingerprint density at radius 2 is 1.56 bits per heavy atom. The van der Waals surface area contributed by atoms with E-state index in [9.17, 15) is 14.0 Å². The van der Waals surface area contributed by atoms with E-state index in [1.54, 1.807) is 55.7 Å². The number of benzene rings is 3. The van der Waals surface area contributed by atoms with E-state index in [0.717, 1.165) is 38.2 Å². The van der Waals surface area contributed by atoms with Crippen LogP contribution in [0.3, 0.4) is 0 Å². The van der Waals surface area contributed by atoms with Crippen LogP contribution < -0.4 is 20.9 Å². The molecule has 1 aliphatic rings. The highest BCUT2D eigenvalue weighted by atomic mass is 19.1. The molecule has 5 rings (SSSR count). The molecule has 41 heavy (non-hydrogen) atoms. The Bertz CT molecular complexity index is 1500. The molecule has 3 aromatic carbocycles. The third kappa shape index (κ3) is 7.09. The first-order valence-electron chi connectivity index (χ1n) is 13.6. The van der Waals surface area contributed by atoms with Gasteiger partial charge in [0.1, 0.15) is 5.82 Å². The molecule has 9 nitrogen and oxygen atoms in total. The first-order chi connectivity index (χ1) is 19.9. The van der Waals surface area contributed by atoms with Crippen molar-refractivity contribution < 1.29 is 18.7 Å². The number of amides is 2. The second-order valence-electron chi connectivity index (χ2n) is 9.87. The van der Waals surface area contributed by atoms with Gasteiger partial charge < -0.3 is 25.6 Å². The van der Waals surface area contributed by atoms with Crippen molar-refractivity contribution in [1.29, 1.82) is 0 Å². The van der Waals surface area contributed by atoms with E-state index >= 15 is 0 Å². The van der Waals surface area contributed by atoms with Crippen LogP contribution in [-0.4, -0.2) is 47.4 Å². The number of halogens is 1. The van der Waals surface area contributed by atoms with E-state index in [1.807, 2.05) is 31.2 Å². The van der Waals surface area contributed by atoms with Gasteiger partial charge in [-0.05, 0) is 92.6 Å². The zero-order valence-corrected chi connectivity index (χ0v) is 23.1. The second-order valence-corrected chi connectivity index (χ2v) is 9.87. The van der Waals surface area contributed by atoms with Crippen LogP contribution in [0, 0.1) is 5.82 Å². The molecular formula is C31H33FN6O3. The molecule has 1 aliphatic heterocycles. The topological polar surface area (TPSA) is 101 Å². The molecule has 212 valence electrons. The largest absolute Gasteiger partial charge is 0.378 e. The van der Waals surface area contributed by atoms with Crippen LogP contribution in [0.1, 0.15) is 40.6 Å². The number of nitrogens with one attached hydrogen (secondary N) is 3. The summed E-state index contributed by atoms with van der Waals surface area (Å²) in [6, 6.07) is 20.6. The van der Waals surface area contributed by atoms with E-state index < -0.39 is 11.7 Å². The van der Waals surface area contributed by atoms with Crippen molar-refractivity contribution in [2.24, 2.45) is 7.05 Å². The first-order valence-corrected chi connectivity index (χ1v) is 13.6. The monoisotopic (exact) mass is 556 g/mol. The zero-order valence-electron chi connectivity index (χ0n) is 23.1.